The molecule has 136 valence electrons. The molecule has 0 radical (unpaired) electrons. The summed E-state index contributed by atoms with van der Waals surface area (Å²) in [4.78, 5) is 16.6. The summed E-state index contributed by atoms with van der Waals surface area (Å²) in [5.41, 5.74) is 4.74. The van der Waals surface area contributed by atoms with Crippen molar-refractivity contribution in [2.75, 3.05) is 37.6 Å². The van der Waals surface area contributed by atoms with E-state index < -0.39 is 0 Å². The molecule has 0 aromatic heterocycles. The van der Waals surface area contributed by atoms with Gasteiger partial charge in [0, 0.05) is 49.9 Å². The lowest BCUT2D eigenvalue weighted by atomic mass is 10.2. The molecule has 1 amide bonds. The minimum absolute atomic E-state index is 0.0688. The average Bonchev–Trinajstić information content (AvgIpc) is 2.69. The maximum Gasteiger partial charge on any atom is 0.241 e. The minimum atomic E-state index is -0.0688. The fourth-order valence-corrected chi connectivity index (χ4v) is 3.04. The van der Waals surface area contributed by atoms with E-state index in [9.17, 15) is 4.79 Å². The van der Waals surface area contributed by atoms with Crippen LogP contribution in [0.2, 0.25) is 5.02 Å². The molecule has 0 aliphatic carbocycles. The molecule has 1 aliphatic heterocycles. The van der Waals surface area contributed by atoms with Crippen molar-refractivity contribution in [3.05, 3.63) is 65.2 Å². The van der Waals surface area contributed by atoms with Crippen molar-refractivity contribution >= 4 is 29.4 Å². The molecule has 1 N–H and O–H groups in total. The van der Waals surface area contributed by atoms with E-state index in [2.05, 4.69) is 44.6 Å². The Morgan fingerprint density at radius 1 is 1.04 bits per heavy atom. The molecule has 1 fully saturated rings. The highest BCUT2D eigenvalue weighted by molar-refractivity contribution is 6.30. The van der Waals surface area contributed by atoms with E-state index in [1.54, 1.807) is 18.3 Å². The summed E-state index contributed by atoms with van der Waals surface area (Å²) in [6.45, 7) is 4.66. The monoisotopic (exact) mass is 370 g/mol. The van der Waals surface area contributed by atoms with E-state index >= 15 is 0 Å². The van der Waals surface area contributed by atoms with E-state index in [0.717, 1.165) is 38.3 Å². The second-order valence-corrected chi connectivity index (χ2v) is 6.70. The molecule has 0 bridgehead atoms. The van der Waals surface area contributed by atoms with Crippen LogP contribution in [-0.4, -0.2) is 49.7 Å². The lowest BCUT2D eigenvalue weighted by molar-refractivity contribution is -0.121. The SMILES string of the molecule is O=C(CCN1CCN(c2ccccc2)CC1)N/N=C\c1ccc(Cl)cc1. The average molecular weight is 371 g/mol. The first kappa shape index (κ1) is 18.4. The van der Waals surface area contributed by atoms with Crippen LogP contribution in [0.4, 0.5) is 5.69 Å². The van der Waals surface area contributed by atoms with Gasteiger partial charge in [-0.05, 0) is 29.8 Å². The highest BCUT2D eigenvalue weighted by Gasteiger charge is 2.17. The maximum atomic E-state index is 11.9. The quantitative estimate of drug-likeness (QED) is 0.628. The molecule has 1 saturated heterocycles. The number of anilines is 1. The van der Waals surface area contributed by atoms with Crippen molar-refractivity contribution < 1.29 is 4.79 Å². The zero-order valence-electron chi connectivity index (χ0n) is 14.6. The fourth-order valence-electron chi connectivity index (χ4n) is 2.91. The standard InChI is InChI=1S/C20H23ClN4O/c21-18-8-6-17(7-9-18)16-22-23-20(26)10-11-24-12-14-25(15-13-24)19-4-2-1-3-5-19/h1-9,16H,10-15H2,(H,23,26)/b22-16-. The molecule has 6 heteroatoms. The Morgan fingerprint density at radius 3 is 2.42 bits per heavy atom. The molecule has 1 aliphatic rings. The number of carbonyl (C=O) groups is 1. The van der Waals surface area contributed by atoms with Crippen LogP contribution in [0, 0.1) is 0 Å². The van der Waals surface area contributed by atoms with E-state index in [1.807, 2.05) is 18.2 Å². The van der Waals surface area contributed by atoms with Crippen LogP contribution in [0.15, 0.2) is 59.7 Å². The molecular formula is C20H23ClN4O. The van der Waals surface area contributed by atoms with Gasteiger partial charge < -0.3 is 4.90 Å². The first-order chi connectivity index (χ1) is 12.7. The Labute approximate surface area is 159 Å². The van der Waals surface area contributed by atoms with Gasteiger partial charge in [-0.25, -0.2) is 5.43 Å². The topological polar surface area (TPSA) is 47.9 Å². The summed E-state index contributed by atoms with van der Waals surface area (Å²) >= 11 is 5.83. The number of piperazine rings is 1. The lowest BCUT2D eigenvalue weighted by Gasteiger charge is -2.36. The molecular weight excluding hydrogens is 348 g/mol. The van der Waals surface area contributed by atoms with Crippen molar-refractivity contribution in [2.45, 2.75) is 6.42 Å². The number of rotatable bonds is 6. The van der Waals surface area contributed by atoms with Gasteiger partial charge in [-0.1, -0.05) is 41.9 Å². The molecule has 26 heavy (non-hydrogen) atoms. The van der Waals surface area contributed by atoms with Crippen molar-refractivity contribution in [2.24, 2.45) is 5.10 Å². The molecule has 5 nitrogen and oxygen atoms in total. The summed E-state index contributed by atoms with van der Waals surface area (Å²) in [7, 11) is 0. The van der Waals surface area contributed by atoms with Gasteiger partial charge in [-0.15, -0.1) is 0 Å². The third kappa shape index (κ3) is 5.58. The highest BCUT2D eigenvalue weighted by Crippen LogP contribution is 2.15. The van der Waals surface area contributed by atoms with Crippen LogP contribution in [0.25, 0.3) is 0 Å². The second-order valence-electron chi connectivity index (χ2n) is 6.26. The van der Waals surface area contributed by atoms with Crippen molar-refractivity contribution in [1.82, 2.24) is 10.3 Å². The van der Waals surface area contributed by atoms with Gasteiger partial charge >= 0.3 is 0 Å². The van der Waals surface area contributed by atoms with Gasteiger partial charge in [0.15, 0.2) is 0 Å². The number of halogens is 1. The lowest BCUT2D eigenvalue weighted by Crippen LogP contribution is -2.47. The number of nitrogens with zero attached hydrogens (tertiary/aromatic N) is 3. The van der Waals surface area contributed by atoms with Crippen molar-refractivity contribution in [3.63, 3.8) is 0 Å². The number of hydrogen-bond acceptors (Lipinski definition) is 4. The molecule has 2 aromatic rings. The minimum Gasteiger partial charge on any atom is -0.369 e. The van der Waals surface area contributed by atoms with Crippen LogP contribution in [0.1, 0.15) is 12.0 Å². The fraction of sp³-hybridized carbons (Fsp3) is 0.300. The Morgan fingerprint density at radius 2 is 1.73 bits per heavy atom. The summed E-state index contributed by atoms with van der Waals surface area (Å²) in [6.07, 6.45) is 2.07. The number of hydrogen-bond donors (Lipinski definition) is 1. The number of benzene rings is 2. The van der Waals surface area contributed by atoms with Crippen LogP contribution in [0.5, 0.6) is 0 Å². The largest absolute Gasteiger partial charge is 0.369 e. The first-order valence-electron chi connectivity index (χ1n) is 8.80. The van der Waals surface area contributed by atoms with E-state index in [1.165, 1.54) is 5.69 Å². The zero-order chi connectivity index (χ0) is 18.2. The van der Waals surface area contributed by atoms with Gasteiger partial charge in [0.2, 0.25) is 5.91 Å². The third-order valence-electron chi connectivity index (χ3n) is 4.42. The van der Waals surface area contributed by atoms with E-state index in [0.29, 0.717) is 11.4 Å². The van der Waals surface area contributed by atoms with Crippen molar-refractivity contribution in [1.29, 1.82) is 0 Å². The van der Waals surface area contributed by atoms with Crippen LogP contribution < -0.4 is 10.3 Å². The molecule has 3 rings (SSSR count). The molecule has 0 atom stereocenters. The normalized spacial score (nSPS) is 15.3. The van der Waals surface area contributed by atoms with E-state index in [4.69, 9.17) is 11.6 Å². The predicted octanol–water partition coefficient (Wildman–Crippen LogP) is 3.00. The van der Waals surface area contributed by atoms with Gasteiger partial charge in [0.1, 0.15) is 0 Å². The maximum absolute atomic E-state index is 11.9. The van der Waals surface area contributed by atoms with Gasteiger partial charge in [0.25, 0.3) is 0 Å². The Hall–Kier alpha value is -2.37. The number of amides is 1. The van der Waals surface area contributed by atoms with Crippen LogP contribution >= 0.6 is 11.6 Å². The van der Waals surface area contributed by atoms with Gasteiger partial charge in [-0.3, -0.25) is 9.69 Å². The summed E-state index contributed by atoms with van der Waals surface area (Å²) < 4.78 is 0. The number of nitrogens with one attached hydrogen (secondary N) is 1. The van der Waals surface area contributed by atoms with E-state index in [-0.39, 0.29) is 5.91 Å². The summed E-state index contributed by atoms with van der Waals surface area (Å²) in [6, 6.07) is 17.7. The van der Waals surface area contributed by atoms with Gasteiger partial charge in [0.05, 0.1) is 6.21 Å². The van der Waals surface area contributed by atoms with Crippen molar-refractivity contribution in [3.8, 4) is 0 Å². The number of carbonyl (C=O) groups excluding carboxylic acids is 1. The Bertz CT molecular complexity index is 725. The second kappa shape index (κ2) is 9.36. The predicted molar refractivity (Wildman–Crippen MR) is 107 cm³/mol. The van der Waals surface area contributed by atoms with Crippen LogP contribution in [-0.2, 0) is 4.79 Å². The van der Waals surface area contributed by atoms with Crippen LogP contribution in [0.3, 0.4) is 0 Å². The van der Waals surface area contributed by atoms with Gasteiger partial charge in [-0.2, -0.15) is 5.10 Å². The summed E-state index contributed by atoms with van der Waals surface area (Å²) in [5.74, 6) is -0.0688. The smallest absolute Gasteiger partial charge is 0.241 e. The number of hydrazone groups is 1. The summed E-state index contributed by atoms with van der Waals surface area (Å²) in [5, 5.41) is 4.67. The molecule has 0 saturated carbocycles. The molecule has 0 spiro atoms. The Kier molecular flexibility index (Phi) is 6.63. The third-order valence-corrected chi connectivity index (χ3v) is 4.67. The molecule has 0 unspecified atom stereocenters. The number of para-hydroxylation sites is 1. The highest BCUT2D eigenvalue weighted by atomic mass is 35.5. The Balaban J connectivity index is 1.35. The zero-order valence-corrected chi connectivity index (χ0v) is 15.4. The first-order valence-corrected chi connectivity index (χ1v) is 9.18. The molecule has 1 heterocycles. The molecule has 2 aromatic carbocycles.